The fourth-order valence-electron chi connectivity index (χ4n) is 2.87. The highest BCUT2D eigenvalue weighted by Crippen LogP contribution is 2.31. The predicted octanol–water partition coefficient (Wildman–Crippen LogP) is 4.40. The molecule has 3 aromatic heterocycles. The van der Waals surface area contributed by atoms with E-state index < -0.39 is 0 Å². The summed E-state index contributed by atoms with van der Waals surface area (Å²) in [5, 5.41) is 2.80. The van der Waals surface area contributed by atoms with Crippen molar-refractivity contribution in [1.29, 1.82) is 0 Å². The van der Waals surface area contributed by atoms with Gasteiger partial charge in [-0.05, 0) is 55.3 Å². The molecule has 0 saturated heterocycles. The number of imidazole rings is 1. The van der Waals surface area contributed by atoms with E-state index in [1.165, 1.54) is 6.20 Å². The second kappa shape index (κ2) is 7.63. The van der Waals surface area contributed by atoms with E-state index in [9.17, 15) is 4.79 Å². The molecule has 0 bridgehead atoms. The molecule has 7 nitrogen and oxygen atoms in total. The SMILES string of the molecule is COc1cc(C)ccc1Oc1ccc(NC(=O)c2cn3ccc(C)cc3n2)cn1. The quantitative estimate of drug-likeness (QED) is 0.548. The molecule has 0 aliphatic carbocycles. The summed E-state index contributed by atoms with van der Waals surface area (Å²) in [5.74, 6) is 1.30. The Morgan fingerprint density at radius 3 is 2.62 bits per heavy atom. The molecular weight excluding hydrogens is 368 g/mol. The molecule has 146 valence electrons. The van der Waals surface area contributed by atoms with Crippen molar-refractivity contribution in [2.75, 3.05) is 12.4 Å². The number of ether oxygens (including phenoxy) is 2. The fourth-order valence-corrected chi connectivity index (χ4v) is 2.87. The van der Waals surface area contributed by atoms with Gasteiger partial charge >= 0.3 is 0 Å². The maximum atomic E-state index is 12.5. The maximum absolute atomic E-state index is 12.5. The fraction of sp³-hybridized carbons (Fsp3) is 0.136. The van der Waals surface area contributed by atoms with Crippen molar-refractivity contribution in [1.82, 2.24) is 14.4 Å². The first kappa shape index (κ1) is 18.5. The molecule has 7 heteroatoms. The van der Waals surface area contributed by atoms with E-state index in [2.05, 4.69) is 15.3 Å². The monoisotopic (exact) mass is 388 g/mol. The number of aryl methyl sites for hydroxylation is 2. The van der Waals surface area contributed by atoms with Crippen LogP contribution in [0.1, 0.15) is 21.6 Å². The van der Waals surface area contributed by atoms with Gasteiger partial charge in [0, 0.05) is 18.5 Å². The van der Waals surface area contributed by atoms with Crippen molar-refractivity contribution in [3.05, 3.63) is 77.9 Å². The number of hydrogen-bond donors (Lipinski definition) is 1. The van der Waals surface area contributed by atoms with Gasteiger partial charge in [-0.25, -0.2) is 9.97 Å². The largest absolute Gasteiger partial charge is 0.493 e. The molecule has 1 N–H and O–H groups in total. The van der Waals surface area contributed by atoms with Crippen LogP contribution in [0.3, 0.4) is 0 Å². The molecule has 0 aliphatic heterocycles. The first-order chi connectivity index (χ1) is 14.0. The maximum Gasteiger partial charge on any atom is 0.275 e. The van der Waals surface area contributed by atoms with Crippen molar-refractivity contribution in [2.24, 2.45) is 0 Å². The van der Waals surface area contributed by atoms with Gasteiger partial charge in [-0.2, -0.15) is 0 Å². The van der Waals surface area contributed by atoms with Crippen LogP contribution in [0.15, 0.2) is 61.1 Å². The van der Waals surface area contributed by atoms with Crippen LogP contribution < -0.4 is 14.8 Å². The van der Waals surface area contributed by atoms with Crippen LogP contribution in [0.25, 0.3) is 5.65 Å². The second-order valence-electron chi connectivity index (χ2n) is 6.69. The first-order valence-corrected chi connectivity index (χ1v) is 9.07. The number of anilines is 1. The smallest absolute Gasteiger partial charge is 0.275 e. The number of pyridine rings is 2. The summed E-state index contributed by atoms with van der Waals surface area (Å²) < 4.78 is 12.9. The molecule has 1 amide bonds. The Labute approximate surface area is 168 Å². The molecule has 0 atom stereocenters. The molecule has 0 aliphatic rings. The third-order valence-electron chi connectivity index (χ3n) is 4.38. The normalized spacial score (nSPS) is 10.7. The summed E-state index contributed by atoms with van der Waals surface area (Å²) in [5.41, 5.74) is 3.76. The van der Waals surface area contributed by atoms with Crippen molar-refractivity contribution < 1.29 is 14.3 Å². The summed E-state index contributed by atoms with van der Waals surface area (Å²) in [7, 11) is 1.59. The van der Waals surface area contributed by atoms with Crippen molar-refractivity contribution in [2.45, 2.75) is 13.8 Å². The van der Waals surface area contributed by atoms with E-state index >= 15 is 0 Å². The number of fused-ring (bicyclic) bond motifs is 1. The molecule has 1 aromatic carbocycles. The lowest BCUT2D eigenvalue weighted by atomic mass is 10.2. The third-order valence-corrected chi connectivity index (χ3v) is 4.38. The van der Waals surface area contributed by atoms with Crippen molar-refractivity contribution in [3.63, 3.8) is 0 Å². The summed E-state index contributed by atoms with van der Waals surface area (Å²) >= 11 is 0. The van der Waals surface area contributed by atoms with E-state index in [1.54, 1.807) is 25.4 Å². The Balaban J connectivity index is 1.47. The van der Waals surface area contributed by atoms with Crippen LogP contribution in [0.2, 0.25) is 0 Å². The molecule has 0 spiro atoms. The van der Waals surface area contributed by atoms with Gasteiger partial charge in [-0.1, -0.05) is 6.07 Å². The highest BCUT2D eigenvalue weighted by Gasteiger charge is 2.12. The van der Waals surface area contributed by atoms with Gasteiger partial charge in [-0.15, -0.1) is 0 Å². The minimum absolute atomic E-state index is 0.304. The van der Waals surface area contributed by atoms with Gasteiger partial charge in [-0.3, -0.25) is 4.79 Å². The third kappa shape index (κ3) is 4.03. The molecule has 3 heterocycles. The van der Waals surface area contributed by atoms with Gasteiger partial charge in [0.2, 0.25) is 5.88 Å². The Bertz CT molecular complexity index is 1180. The number of nitrogens with one attached hydrogen (secondary N) is 1. The minimum atomic E-state index is -0.304. The van der Waals surface area contributed by atoms with Crippen molar-refractivity contribution in [3.8, 4) is 17.4 Å². The summed E-state index contributed by atoms with van der Waals surface area (Å²) in [4.78, 5) is 21.1. The summed E-state index contributed by atoms with van der Waals surface area (Å²) in [6.45, 7) is 3.96. The van der Waals surface area contributed by atoms with Crippen LogP contribution in [0.5, 0.6) is 17.4 Å². The topological polar surface area (TPSA) is 77.8 Å². The van der Waals surface area contributed by atoms with E-state index in [0.717, 1.165) is 16.8 Å². The lowest BCUT2D eigenvalue weighted by molar-refractivity contribution is 0.102. The van der Waals surface area contributed by atoms with Gasteiger partial charge in [0.05, 0.1) is 19.0 Å². The van der Waals surface area contributed by atoms with Gasteiger partial charge in [0.1, 0.15) is 11.3 Å². The zero-order chi connectivity index (χ0) is 20.4. The number of benzene rings is 1. The van der Waals surface area contributed by atoms with Crippen LogP contribution in [0.4, 0.5) is 5.69 Å². The number of nitrogens with zero attached hydrogens (tertiary/aromatic N) is 3. The lowest BCUT2D eigenvalue weighted by Crippen LogP contribution is -2.12. The van der Waals surface area contributed by atoms with Crippen LogP contribution >= 0.6 is 0 Å². The van der Waals surface area contributed by atoms with Gasteiger partial charge in [0.25, 0.3) is 5.91 Å². The average Bonchev–Trinajstić information content (AvgIpc) is 3.14. The number of amides is 1. The number of rotatable bonds is 5. The molecule has 29 heavy (non-hydrogen) atoms. The zero-order valence-electron chi connectivity index (χ0n) is 16.3. The highest BCUT2D eigenvalue weighted by atomic mass is 16.5. The van der Waals surface area contributed by atoms with Crippen molar-refractivity contribution >= 4 is 17.2 Å². The van der Waals surface area contributed by atoms with Crippen LogP contribution in [-0.4, -0.2) is 27.4 Å². The standard InChI is InChI=1S/C22H20N4O3/c1-14-4-6-18(19(10-14)28-3)29-21-7-5-16(12-23-21)24-22(27)17-13-26-9-8-15(2)11-20(26)25-17/h4-13H,1-3H3,(H,24,27). The number of carbonyl (C=O) groups excluding carboxylic acids is 1. The molecule has 0 unspecified atom stereocenters. The second-order valence-corrected chi connectivity index (χ2v) is 6.69. The van der Waals surface area contributed by atoms with E-state index in [1.807, 2.05) is 54.8 Å². The predicted molar refractivity (Wildman–Crippen MR) is 110 cm³/mol. The van der Waals surface area contributed by atoms with Crippen LogP contribution in [0, 0.1) is 13.8 Å². The Kier molecular flexibility index (Phi) is 4.87. The first-order valence-electron chi connectivity index (χ1n) is 9.07. The number of carbonyl (C=O) groups is 1. The number of hydrogen-bond acceptors (Lipinski definition) is 5. The Morgan fingerprint density at radius 2 is 1.86 bits per heavy atom. The number of aromatic nitrogens is 3. The summed E-state index contributed by atoms with van der Waals surface area (Å²) in [6.07, 6.45) is 5.11. The zero-order valence-corrected chi connectivity index (χ0v) is 16.3. The lowest BCUT2D eigenvalue weighted by Gasteiger charge is -2.10. The molecule has 4 rings (SSSR count). The molecule has 4 aromatic rings. The highest BCUT2D eigenvalue weighted by molar-refractivity contribution is 6.03. The summed E-state index contributed by atoms with van der Waals surface area (Å²) in [6, 6.07) is 12.9. The van der Waals surface area contributed by atoms with E-state index in [-0.39, 0.29) is 5.91 Å². The molecule has 0 radical (unpaired) electrons. The van der Waals surface area contributed by atoms with E-state index in [0.29, 0.717) is 28.8 Å². The Morgan fingerprint density at radius 1 is 1.03 bits per heavy atom. The van der Waals surface area contributed by atoms with Gasteiger partial charge in [0.15, 0.2) is 11.5 Å². The molecular formula is C22H20N4O3. The number of methoxy groups -OCH3 is 1. The average molecular weight is 388 g/mol. The molecule has 0 fully saturated rings. The molecule has 0 saturated carbocycles. The Hall–Kier alpha value is -3.87. The van der Waals surface area contributed by atoms with Gasteiger partial charge < -0.3 is 19.2 Å². The van der Waals surface area contributed by atoms with E-state index in [4.69, 9.17) is 9.47 Å². The minimum Gasteiger partial charge on any atom is -0.493 e. The van der Waals surface area contributed by atoms with Crippen LogP contribution in [-0.2, 0) is 0 Å².